The molecule has 2 aromatic rings. The van der Waals surface area contributed by atoms with Gasteiger partial charge in [0, 0.05) is 49.6 Å². The molecule has 0 bridgehead atoms. The highest BCUT2D eigenvalue weighted by molar-refractivity contribution is 6.30. The second-order valence-electron chi connectivity index (χ2n) is 5.28. The molecule has 1 fully saturated rings. The largest absolute Gasteiger partial charge is 0.397 e. The monoisotopic (exact) mass is 302 g/mol. The van der Waals surface area contributed by atoms with E-state index in [1.165, 1.54) is 5.69 Å². The van der Waals surface area contributed by atoms with Gasteiger partial charge >= 0.3 is 0 Å². The van der Waals surface area contributed by atoms with Gasteiger partial charge in [-0.3, -0.25) is 9.88 Å². The number of nitrogens with zero attached hydrogens (tertiary/aromatic N) is 3. The first kappa shape index (κ1) is 14.2. The number of piperazine rings is 1. The van der Waals surface area contributed by atoms with E-state index in [-0.39, 0.29) is 0 Å². The Balaban J connectivity index is 1.58. The van der Waals surface area contributed by atoms with Crippen molar-refractivity contribution in [1.82, 2.24) is 9.88 Å². The summed E-state index contributed by atoms with van der Waals surface area (Å²) in [5.41, 5.74) is 8.94. The van der Waals surface area contributed by atoms with Gasteiger partial charge in [0.2, 0.25) is 0 Å². The molecule has 0 spiro atoms. The number of hydrogen-bond donors (Lipinski definition) is 1. The van der Waals surface area contributed by atoms with Crippen LogP contribution in [0.15, 0.2) is 42.6 Å². The first-order valence-corrected chi connectivity index (χ1v) is 7.52. The van der Waals surface area contributed by atoms with Gasteiger partial charge in [-0.25, -0.2) is 0 Å². The van der Waals surface area contributed by atoms with E-state index in [2.05, 4.69) is 26.9 Å². The summed E-state index contributed by atoms with van der Waals surface area (Å²) in [4.78, 5) is 9.14. The third-order valence-electron chi connectivity index (χ3n) is 3.86. The molecule has 21 heavy (non-hydrogen) atoms. The number of rotatable bonds is 3. The van der Waals surface area contributed by atoms with Crippen LogP contribution in [-0.2, 0) is 6.54 Å². The van der Waals surface area contributed by atoms with Crippen molar-refractivity contribution < 1.29 is 0 Å². The van der Waals surface area contributed by atoms with E-state index < -0.39 is 0 Å². The molecule has 1 aliphatic rings. The molecule has 1 saturated heterocycles. The molecule has 0 amide bonds. The van der Waals surface area contributed by atoms with Gasteiger partial charge in [-0.05, 0) is 36.4 Å². The fraction of sp³-hybridized carbons (Fsp3) is 0.312. The Hall–Kier alpha value is -1.78. The Morgan fingerprint density at radius 3 is 2.43 bits per heavy atom. The SMILES string of the molecule is Nc1cccnc1CN1CCN(c2ccc(Cl)cc2)CC1. The fourth-order valence-corrected chi connectivity index (χ4v) is 2.74. The van der Waals surface area contributed by atoms with Crippen LogP contribution in [0.1, 0.15) is 5.69 Å². The molecule has 4 nitrogen and oxygen atoms in total. The lowest BCUT2D eigenvalue weighted by molar-refractivity contribution is 0.247. The average Bonchev–Trinajstić information content (AvgIpc) is 2.51. The first-order chi connectivity index (χ1) is 10.2. The zero-order valence-electron chi connectivity index (χ0n) is 11.9. The standard InChI is InChI=1S/C16H19ClN4/c17-13-3-5-14(6-4-13)21-10-8-20(9-11-21)12-16-15(18)2-1-7-19-16/h1-7H,8-12,18H2. The average molecular weight is 303 g/mol. The summed E-state index contributed by atoms with van der Waals surface area (Å²) in [5, 5.41) is 0.781. The van der Waals surface area contributed by atoms with Gasteiger partial charge in [0.25, 0.3) is 0 Å². The van der Waals surface area contributed by atoms with E-state index in [0.717, 1.165) is 49.1 Å². The van der Waals surface area contributed by atoms with Crippen molar-refractivity contribution in [3.8, 4) is 0 Å². The summed E-state index contributed by atoms with van der Waals surface area (Å²) in [6.45, 7) is 4.86. The summed E-state index contributed by atoms with van der Waals surface area (Å²) in [5.74, 6) is 0. The maximum Gasteiger partial charge on any atom is 0.0772 e. The van der Waals surface area contributed by atoms with E-state index in [1.807, 2.05) is 24.3 Å². The third-order valence-corrected chi connectivity index (χ3v) is 4.11. The van der Waals surface area contributed by atoms with Crippen LogP contribution in [-0.4, -0.2) is 36.1 Å². The van der Waals surface area contributed by atoms with E-state index >= 15 is 0 Å². The van der Waals surface area contributed by atoms with Crippen molar-refractivity contribution in [2.75, 3.05) is 36.8 Å². The Morgan fingerprint density at radius 1 is 1.05 bits per heavy atom. The second kappa shape index (κ2) is 6.33. The summed E-state index contributed by atoms with van der Waals surface area (Å²) in [6.07, 6.45) is 1.80. The van der Waals surface area contributed by atoms with E-state index in [1.54, 1.807) is 6.20 Å². The van der Waals surface area contributed by atoms with Gasteiger partial charge in [0.15, 0.2) is 0 Å². The molecule has 5 heteroatoms. The molecule has 0 atom stereocenters. The van der Waals surface area contributed by atoms with Crippen LogP contribution in [0, 0.1) is 0 Å². The quantitative estimate of drug-likeness (QED) is 0.947. The van der Waals surface area contributed by atoms with Crippen molar-refractivity contribution >= 4 is 23.0 Å². The van der Waals surface area contributed by atoms with Gasteiger partial charge in [0.05, 0.1) is 11.4 Å². The fourth-order valence-electron chi connectivity index (χ4n) is 2.61. The van der Waals surface area contributed by atoms with Gasteiger partial charge in [-0.1, -0.05) is 11.6 Å². The molecular formula is C16H19ClN4. The Bertz CT molecular complexity index is 591. The Labute approximate surface area is 130 Å². The second-order valence-corrected chi connectivity index (χ2v) is 5.72. The minimum atomic E-state index is 0.776. The van der Waals surface area contributed by atoms with E-state index in [9.17, 15) is 0 Å². The van der Waals surface area contributed by atoms with Crippen molar-refractivity contribution in [2.24, 2.45) is 0 Å². The third kappa shape index (κ3) is 3.46. The lowest BCUT2D eigenvalue weighted by Crippen LogP contribution is -2.46. The minimum Gasteiger partial charge on any atom is -0.397 e. The van der Waals surface area contributed by atoms with Crippen LogP contribution in [0.25, 0.3) is 0 Å². The van der Waals surface area contributed by atoms with E-state index in [4.69, 9.17) is 17.3 Å². The highest BCUT2D eigenvalue weighted by atomic mass is 35.5. The topological polar surface area (TPSA) is 45.4 Å². The zero-order valence-corrected chi connectivity index (χ0v) is 12.6. The highest BCUT2D eigenvalue weighted by Crippen LogP contribution is 2.20. The predicted molar refractivity (Wildman–Crippen MR) is 87.6 cm³/mol. The Kier molecular flexibility index (Phi) is 4.27. The molecule has 1 aromatic carbocycles. The number of hydrogen-bond acceptors (Lipinski definition) is 4. The van der Waals surface area contributed by atoms with Crippen molar-refractivity contribution in [2.45, 2.75) is 6.54 Å². The molecule has 1 aromatic heterocycles. The molecule has 1 aliphatic heterocycles. The number of halogens is 1. The molecule has 0 unspecified atom stereocenters. The molecule has 2 N–H and O–H groups in total. The summed E-state index contributed by atoms with van der Waals surface area (Å²) >= 11 is 5.93. The lowest BCUT2D eigenvalue weighted by Gasteiger charge is -2.36. The molecule has 3 rings (SSSR count). The minimum absolute atomic E-state index is 0.776. The van der Waals surface area contributed by atoms with Gasteiger partial charge in [0.1, 0.15) is 0 Å². The predicted octanol–water partition coefficient (Wildman–Crippen LogP) is 2.64. The number of aromatic nitrogens is 1. The van der Waals surface area contributed by atoms with Gasteiger partial charge < -0.3 is 10.6 Å². The van der Waals surface area contributed by atoms with Crippen LogP contribution < -0.4 is 10.6 Å². The number of benzene rings is 1. The summed E-state index contributed by atoms with van der Waals surface area (Å²) < 4.78 is 0. The molecule has 2 heterocycles. The smallest absolute Gasteiger partial charge is 0.0772 e. The van der Waals surface area contributed by atoms with Crippen LogP contribution in [0.2, 0.25) is 5.02 Å². The van der Waals surface area contributed by atoms with Gasteiger partial charge in [-0.2, -0.15) is 0 Å². The number of pyridine rings is 1. The van der Waals surface area contributed by atoms with Crippen molar-refractivity contribution in [3.05, 3.63) is 53.3 Å². The summed E-state index contributed by atoms with van der Waals surface area (Å²) in [7, 11) is 0. The molecule has 0 saturated carbocycles. The summed E-state index contributed by atoms with van der Waals surface area (Å²) in [6, 6.07) is 11.8. The maximum atomic E-state index is 5.96. The highest BCUT2D eigenvalue weighted by Gasteiger charge is 2.18. The first-order valence-electron chi connectivity index (χ1n) is 7.14. The Morgan fingerprint density at radius 2 is 1.76 bits per heavy atom. The molecule has 110 valence electrons. The molecule has 0 aliphatic carbocycles. The van der Waals surface area contributed by atoms with E-state index in [0.29, 0.717) is 0 Å². The number of nitrogens with two attached hydrogens (primary N) is 1. The van der Waals surface area contributed by atoms with Crippen molar-refractivity contribution in [3.63, 3.8) is 0 Å². The molecule has 0 radical (unpaired) electrons. The normalized spacial score (nSPS) is 16.1. The lowest BCUT2D eigenvalue weighted by atomic mass is 10.2. The zero-order chi connectivity index (χ0) is 14.7. The molecular weight excluding hydrogens is 284 g/mol. The maximum absolute atomic E-state index is 5.96. The van der Waals surface area contributed by atoms with Crippen LogP contribution in [0.4, 0.5) is 11.4 Å². The number of anilines is 2. The van der Waals surface area contributed by atoms with Crippen molar-refractivity contribution in [1.29, 1.82) is 0 Å². The van der Waals surface area contributed by atoms with Crippen LogP contribution >= 0.6 is 11.6 Å². The number of nitrogen functional groups attached to an aromatic ring is 1. The van der Waals surface area contributed by atoms with Crippen LogP contribution in [0.5, 0.6) is 0 Å². The van der Waals surface area contributed by atoms with Gasteiger partial charge in [-0.15, -0.1) is 0 Å². The van der Waals surface area contributed by atoms with Crippen LogP contribution in [0.3, 0.4) is 0 Å².